The summed E-state index contributed by atoms with van der Waals surface area (Å²) < 4.78 is 0. The number of hydrogen-bond donors (Lipinski definition) is 1. The van der Waals surface area contributed by atoms with Crippen LogP contribution < -0.4 is 5.73 Å². The zero-order valence-electron chi connectivity index (χ0n) is 5.41. The minimum Gasteiger partial charge on any atom is -0.384 e. The molecule has 0 spiro atoms. The summed E-state index contributed by atoms with van der Waals surface area (Å²) in [5.41, 5.74) is 7.70. The predicted octanol–water partition coefficient (Wildman–Crippen LogP) is 0.467. The molecule has 3 heteroatoms. The third-order valence-corrected chi connectivity index (χ3v) is 1.43. The van der Waals surface area contributed by atoms with Gasteiger partial charge in [-0.3, -0.25) is 4.99 Å². The maximum absolute atomic E-state index is 5.46. The number of anilines is 1. The number of nitrogen functional groups attached to an aromatic ring is 1. The van der Waals surface area contributed by atoms with Crippen molar-refractivity contribution >= 4 is 11.5 Å². The van der Waals surface area contributed by atoms with Crippen LogP contribution in [-0.2, 0) is 0 Å². The summed E-state index contributed by atoms with van der Waals surface area (Å²) in [6.07, 6.45) is 1.70. The quantitative estimate of drug-likeness (QED) is 0.605. The smallest absolute Gasteiger partial charge is 0.123 e. The molecule has 0 aliphatic carbocycles. The Morgan fingerprint density at radius 2 is 2.30 bits per heavy atom. The van der Waals surface area contributed by atoms with E-state index in [0.29, 0.717) is 5.82 Å². The zero-order chi connectivity index (χ0) is 6.97. The van der Waals surface area contributed by atoms with E-state index >= 15 is 0 Å². The van der Waals surface area contributed by atoms with Crippen LogP contribution in [0.1, 0.15) is 5.56 Å². The van der Waals surface area contributed by atoms with E-state index in [2.05, 4.69) is 9.98 Å². The second kappa shape index (κ2) is 1.80. The fourth-order valence-electron chi connectivity index (χ4n) is 0.850. The molecule has 0 radical (unpaired) electrons. The molecule has 2 N–H and O–H groups in total. The molecule has 0 bridgehead atoms. The molecule has 0 amide bonds. The molecule has 0 atom stereocenters. The Bertz CT molecular complexity index is 291. The molecule has 1 aliphatic heterocycles. The van der Waals surface area contributed by atoms with E-state index in [1.165, 1.54) is 0 Å². The van der Waals surface area contributed by atoms with Crippen molar-refractivity contribution in [3.05, 3.63) is 23.9 Å². The number of rotatable bonds is 1. The first kappa shape index (κ1) is 5.41. The van der Waals surface area contributed by atoms with Gasteiger partial charge in [0, 0.05) is 11.8 Å². The van der Waals surface area contributed by atoms with Crippen molar-refractivity contribution < 1.29 is 0 Å². The summed E-state index contributed by atoms with van der Waals surface area (Å²) in [7, 11) is 0. The molecule has 0 saturated carbocycles. The highest BCUT2D eigenvalue weighted by atomic mass is 14.9. The number of pyridine rings is 1. The van der Waals surface area contributed by atoms with Crippen LogP contribution in [0.25, 0.3) is 0 Å². The summed E-state index contributed by atoms with van der Waals surface area (Å²) in [5.74, 6) is 0.562. The van der Waals surface area contributed by atoms with Gasteiger partial charge in [0.15, 0.2) is 0 Å². The average molecular weight is 133 g/mol. The Hall–Kier alpha value is -1.38. The highest BCUT2D eigenvalue weighted by Gasteiger charge is 2.11. The van der Waals surface area contributed by atoms with Gasteiger partial charge in [0.1, 0.15) is 5.82 Å². The minimum absolute atomic E-state index is 0.562. The van der Waals surface area contributed by atoms with E-state index < -0.39 is 0 Å². The fourth-order valence-corrected chi connectivity index (χ4v) is 0.850. The molecule has 50 valence electrons. The van der Waals surface area contributed by atoms with E-state index in [0.717, 1.165) is 17.8 Å². The normalized spacial score (nSPS) is 14.6. The van der Waals surface area contributed by atoms with Crippen molar-refractivity contribution in [2.75, 3.05) is 12.3 Å². The second-order valence-corrected chi connectivity index (χ2v) is 2.23. The van der Waals surface area contributed by atoms with E-state index in [-0.39, 0.29) is 0 Å². The third kappa shape index (κ3) is 0.857. The van der Waals surface area contributed by atoms with Crippen LogP contribution in [-0.4, -0.2) is 17.2 Å². The lowest BCUT2D eigenvalue weighted by atomic mass is 10.2. The molecule has 0 fully saturated rings. The molecule has 0 saturated heterocycles. The van der Waals surface area contributed by atoms with Gasteiger partial charge >= 0.3 is 0 Å². The van der Waals surface area contributed by atoms with Gasteiger partial charge in [0.05, 0.1) is 12.3 Å². The first-order valence-electron chi connectivity index (χ1n) is 3.11. The van der Waals surface area contributed by atoms with Gasteiger partial charge in [-0.2, -0.15) is 0 Å². The molecule has 2 heterocycles. The molecule has 10 heavy (non-hydrogen) atoms. The van der Waals surface area contributed by atoms with E-state index in [1.54, 1.807) is 6.20 Å². The van der Waals surface area contributed by atoms with Gasteiger partial charge in [-0.1, -0.05) is 0 Å². The first-order valence-corrected chi connectivity index (χ1v) is 3.11. The fraction of sp³-hybridized carbons (Fsp3) is 0.143. The Morgan fingerprint density at radius 3 is 2.90 bits per heavy atom. The van der Waals surface area contributed by atoms with Crippen LogP contribution >= 0.6 is 0 Å². The lowest BCUT2D eigenvalue weighted by molar-refractivity contribution is 1.33. The van der Waals surface area contributed by atoms with Crippen molar-refractivity contribution in [1.29, 1.82) is 0 Å². The summed E-state index contributed by atoms with van der Waals surface area (Å²) in [6.45, 7) is 0.865. The van der Waals surface area contributed by atoms with Crippen molar-refractivity contribution in [2.24, 2.45) is 4.99 Å². The average Bonchev–Trinajstić information content (AvgIpc) is 2.68. The van der Waals surface area contributed by atoms with Gasteiger partial charge in [0.2, 0.25) is 0 Å². The maximum atomic E-state index is 5.46. The highest BCUT2D eigenvalue weighted by Crippen LogP contribution is 2.11. The van der Waals surface area contributed by atoms with E-state index in [9.17, 15) is 0 Å². The van der Waals surface area contributed by atoms with Gasteiger partial charge in [-0.25, -0.2) is 4.98 Å². The molecular weight excluding hydrogens is 126 g/mol. The lowest BCUT2D eigenvalue weighted by Crippen LogP contribution is -1.93. The Labute approximate surface area is 58.6 Å². The van der Waals surface area contributed by atoms with Crippen molar-refractivity contribution in [2.45, 2.75) is 0 Å². The molecule has 0 unspecified atom stereocenters. The maximum Gasteiger partial charge on any atom is 0.123 e. The molecular formula is C7H7N3. The molecule has 1 aliphatic rings. The highest BCUT2D eigenvalue weighted by molar-refractivity contribution is 6.10. The Kier molecular flexibility index (Phi) is 0.974. The molecule has 3 nitrogen and oxygen atoms in total. The topological polar surface area (TPSA) is 51.3 Å². The van der Waals surface area contributed by atoms with Crippen LogP contribution in [0.2, 0.25) is 0 Å². The standard InChI is InChI=1S/C7H7N3/c8-7-3-5(1-2-9-7)6-4-10-6/h1-3H,4H2,(H2,8,9). The minimum atomic E-state index is 0.562. The summed E-state index contributed by atoms with van der Waals surface area (Å²) in [5, 5.41) is 0. The van der Waals surface area contributed by atoms with Crippen LogP contribution in [0, 0.1) is 0 Å². The van der Waals surface area contributed by atoms with E-state index in [4.69, 9.17) is 5.73 Å². The Balaban J connectivity index is 2.42. The number of aliphatic imine (C=N–C) groups is 1. The number of nitrogens with two attached hydrogens (primary N) is 1. The monoisotopic (exact) mass is 133 g/mol. The van der Waals surface area contributed by atoms with E-state index in [1.807, 2.05) is 12.1 Å². The number of aromatic nitrogens is 1. The van der Waals surface area contributed by atoms with Crippen LogP contribution in [0.3, 0.4) is 0 Å². The molecule has 0 aromatic carbocycles. The summed E-state index contributed by atoms with van der Waals surface area (Å²) >= 11 is 0. The summed E-state index contributed by atoms with van der Waals surface area (Å²) in [6, 6.07) is 3.76. The number of hydrogen-bond acceptors (Lipinski definition) is 3. The number of nitrogens with zero attached hydrogens (tertiary/aromatic N) is 2. The molecule has 1 aromatic rings. The van der Waals surface area contributed by atoms with Crippen molar-refractivity contribution in [3.8, 4) is 0 Å². The van der Waals surface area contributed by atoms with Crippen LogP contribution in [0.5, 0.6) is 0 Å². The SMILES string of the molecule is Nc1cc(C2=NC2)ccn1. The Morgan fingerprint density at radius 1 is 1.50 bits per heavy atom. The second-order valence-electron chi connectivity index (χ2n) is 2.23. The van der Waals surface area contributed by atoms with Gasteiger partial charge in [0.25, 0.3) is 0 Å². The summed E-state index contributed by atoms with van der Waals surface area (Å²) in [4.78, 5) is 7.92. The van der Waals surface area contributed by atoms with Gasteiger partial charge < -0.3 is 5.73 Å². The van der Waals surface area contributed by atoms with Crippen molar-refractivity contribution in [3.63, 3.8) is 0 Å². The zero-order valence-corrected chi connectivity index (χ0v) is 5.41. The predicted molar refractivity (Wildman–Crippen MR) is 40.1 cm³/mol. The van der Waals surface area contributed by atoms with Crippen LogP contribution in [0.4, 0.5) is 5.82 Å². The lowest BCUT2D eigenvalue weighted by Gasteiger charge is -1.92. The van der Waals surface area contributed by atoms with Crippen LogP contribution in [0.15, 0.2) is 23.3 Å². The largest absolute Gasteiger partial charge is 0.384 e. The molecule has 2 rings (SSSR count). The third-order valence-electron chi connectivity index (χ3n) is 1.43. The van der Waals surface area contributed by atoms with Crippen molar-refractivity contribution in [1.82, 2.24) is 4.98 Å². The van der Waals surface area contributed by atoms with Gasteiger partial charge in [-0.05, 0) is 12.1 Å². The van der Waals surface area contributed by atoms with Gasteiger partial charge in [-0.15, -0.1) is 0 Å². The first-order chi connectivity index (χ1) is 4.86. The molecule has 1 aromatic heterocycles.